The first-order valence-electron chi connectivity index (χ1n) is 3.03. The van der Waals surface area contributed by atoms with Crippen molar-refractivity contribution in [3.63, 3.8) is 0 Å². The molecule has 0 amide bonds. The van der Waals surface area contributed by atoms with E-state index in [1.807, 2.05) is 13.8 Å². The molecule has 0 fully saturated rings. The second-order valence-electron chi connectivity index (χ2n) is 2.26. The van der Waals surface area contributed by atoms with Crippen LogP contribution >= 0.6 is 11.8 Å². The maximum absolute atomic E-state index is 8.60. The standard InChI is InChI=1S/C7H14OS/c1-6(2)5-9-7(3)4-8/h7-8H,1,4-5H2,2-3H3. The molecule has 9 heavy (non-hydrogen) atoms. The molecule has 0 aromatic heterocycles. The van der Waals surface area contributed by atoms with Crippen molar-refractivity contribution in [3.05, 3.63) is 12.2 Å². The van der Waals surface area contributed by atoms with E-state index in [1.165, 1.54) is 5.57 Å². The van der Waals surface area contributed by atoms with Crippen LogP contribution in [0.15, 0.2) is 12.2 Å². The molecule has 0 aliphatic heterocycles. The summed E-state index contributed by atoms with van der Waals surface area (Å²) in [6, 6.07) is 0. The minimum atomic E-state index is 0.262. The summed E-state index contributed by atoms with van der Waals surface area (Å²) in [5, 5.41) is 8.95. The number of aliphatic hydroxyl groups is 1. The number of thioether (sulfide) groups is 1. The van der Waals surface area contributed by atoms with Crippen molar-refractivity contribution in [2.75, 3.05) is 12.4 Å². The highest BCUT2D eigenvalue weighted by Crippen LogP contribution is 2.11. The summed E-state index contributed by atoms with van der Waals surface area (Å²) in [6.45, 7) is 8.03. The van der Waals surface area contributed by atoms with Crippen LogP contribution in [0.4, 0.5) is 0 Å². The van der Waals surface area contributed by atoms with Gasteiger partial charge in [-0.3, -0.25) is 0 Å². The van der Waals surface area contributed by atoms with E-state index in [-0.39, 0.29) is 6.61 Å². The van der Waals surface area contributed by atoms with Gasteiger partial charge in [-0.1, -0.05) is 19.1 Å². The molecule has 0 rings (SSSR count). The maximum atomic E-state index is 8.60. The van der Waals surface area contributed by atoms with Gasteiger partial charge in [-0.2, -0.15) is 11.8 Å². The van der Waals surface area contributed by atoms with Crippen LogP contribution in [-0.2, 0) is 0 Å². The Morgan fingerprint density at radius 3 is 2.67 bits per heavy atom. The molecule has 1 unspecified atom stereocenters. The Hall–Kier alpha value is 0.0500. The van der Waals surface area contributed by atoms with Crippen LogP contribution < -0.4 is 0 Å². The molecule has 0 heterocycles. The molecule has 1 N–H and O–H groups in total. The van der Waals surface area contributed by atoms with Gasteiger partial charge in [0.1, 0.15) is 0 Å². The van der Waals surface area contributed by atoms with E-state index in [0.29, 0.717) is 5.25 Å². The fourth-order valence-electron chi connectivity index (χ4n) is 0.337. The number of hydrogen-bond donors (Lipinski definition) is 1. The first kappa shape index (κ1) is 9.05. The minimum absolute atomic E-state index is 0.262. The zero-order valence-electron chi connectivity index (χ0n) is 6.05. The van der Waals surface area contributed by atoms with Crippen molar-refractivity contribution in [3.8, 4) is 0 Å². The molecule has 0 saturated heterocycles. The molecule has 0 bridgehead atoms. The van der Waals surface area contributed by atoms with Gasteiger partial charge in [0, 0.05) is 11.0 Å². The van der Waals surface area contributed by atoms with Crippen LogP contribution in [0.1, 0.15) is 13.8 Å². The van der Waals surface area contributed by atoms with Gasteiger partial charge in [0.05, 0.1) is 6.61 Å². The molecule has 0 aliphatic carbocycles. The van der Waals surface area contributed by atoms with Crippen LogP contribution in [0.5, 0.6) is 0 Å². The average molecular weight is 146 g/mol. The number of hydrogen-bond acceptors (Lipinski definition) is 2. The van der Waals surface area contributed by atoms with Crippen LogP contribution in [0.25, 0.3) is 0 Å². The Kier molecular flexibility index (Phi) is 4.91. The molecule has 0 aliphatic rings. The van der Waals surface area contributed by atoms with Crippen LogP contribution in [-0.4, -0.2) is 22.7 Å². The predicted octanol–water partition coefficient (Wildman–Crippen LogP) is 1.68. The number of aliphatic hydroxyl groups excluding tert-OH is 1. The van der Waals surface area contributed by atoms with Crippen LogP contribution in [0, 0.1) is 0 Å². The smallest absolute Gasteiger partial charge is 0.0547 e. The van der Waals surface area contributed by atoms with E-state index in [2.05, 4.69) is 6.58 Å². The summed E-state index contributed by atoms with van der Waals surface area (Å²) in [4.78, 5) is 0. The lowest BCUT2D eigenvalue weighted by atomic mass is 10.4. The second kappa shape index (κ2) is 4.89. The summed E-state index contributed by atoms with van der Waals surface area (Å²) in [6.07, 6.45) is 0. The van der Waals surface area contributed by atoms with Crippen molar-refractivity contribution in [2.45, 2.75) is 19.1 Å². The second-order valence-corrected chi connectivity index (χ2v) is 3.69. The Morgan fingerprint density at radius 2 is 2.33 bits per heavy atom. The van der Waals surface area contributed by atoms with Crippen molar-refractivity contribution in [2.24, 2.45) is 0 Å². The molecule has 1 atom stereocenters. The fraction of sp³-hybridized carbons (Fsp3) is 0.714. The monoisotopic (exact) mass is 146 g/mol. The van der Waals surface area contributed by atoms with Gasteiger partial charge >= 0.3 is 0 Å². The van der Waals surface area contributed by atoms with E-state index >= 15 is 0 Å². The van der Waals surface area contributed by atoms with Gasteiger partial charge in [-0.05, 0) is 6.92 Å². The zero-order chi connectivity index (χ0) is 7.28. The van der Waals surface area contributed by atoms with Gasteiger partial charge in [-0.15, -0.1) is 0 Å². The highest BCUT2D eigenvalue weighted by atomic mass is 32.2. The van der Waals surface area contributed by atoms with Gasteiger partial charge < -0.3 is 5.11 Å². The van der Waals surface area contributed by atoms with Crippen molar-refractivity contribution < 1.29 is 5.11 Å². The van der Waals surface area contributed by atoms with Crippen molar-refractivity contribution in [1.29, 1.82) is 0 Å². The van der Waals surface area contributed by atoms with Crippen molar-refractivity contribution in [1.82, 2.24) is 0 Å². The molecular formula is C7H14OS. The quantitative estimate of drug-likeness (QED) is 0.609. The topological polar surface area (TPSA) is 20.2 Å². The van der Waals surface area contributed by atoms with Gasteiger partial charge in [0.25, 0.3) is 0 Å². The molecule has 0 radical (unpaired) electrons. The molecule has 0 spiro atoms. The van der Waals surface area contributed by atoms with Crippen molar-refractivity contribution >= 4 is 11.8 Å². The van der Waals surface area contributed by atoms with E-state index < -0.39 is 0 Å². The molecule has 0 aromatic carbocycles. The Bertz CT molecular complexity index is 90.9. The first-order valence-corrected chi connectivity index (χ1v) is 4.08. The summed E-state index contributed by atoms with van der Waals surface area (Å²) in [5.74, 6) is 0.960. The fourth-order valence-corrected chi connectivity index (χ4v) is 1.01. The van der Waals surface area contributed by atoms with E-state index in [4.69, 9.17) is 5.11 Å². The van der Waals surface area contributed by atoms with Crippen LogP contribution in [0.3, 0.4) is 0 Å². The Balaban J connectivity index is 3.16. The van der Waals surface area contributed by atoms with E-state index in [0.717, 1.165) is 5.75 Å². The Morgan fingerprint density at radius 1 is 1.78 bits per heavy atom. The predicted molar refractivity (Wildman–Crippen MR) is 43.8 cm³/mol. The number of rotatable bonds is 4. The third-order valence-corrected chi connectivity index (χ3v) is 2.25. The van der Waals surface area contributed by atoms with E-state index in [1.54, 1.807) is 11.8 Å². The Labute approximate surface area is 61.2 Å². The highest BCUT2D eigenvalue weighted by Gasteiger charge is 1.97. The molecule has 0 saturated carbocycles. The van der Waals surface area contributed by atoms with Gasteiger partial charge in [0.2, 0.25) is 0 Å². The zero-order valence-corrected chi connectivity index (χ0v) is 6.87. The summed E-state index contributed by atoms with van der Waals surface area (Å²) < 4.78 is 0. The third-order valence-electron chi connectivity index (χ3n) is 0.871. The lowest BCUT2D eigenvalue weighted by molar-refractivity contribution is 0.300. The molecule has 54 valence electrons. The molecule has 2 heteroatoms. The molecular weight excluding hydrogens is 132 g/mol. The van der Waals surface area contributed by atoms with E-state index in [9.17, 15) is 0 Å². The average Bonchev–Trinajstić information content (AvgIpc) is 1.83. The van der Waals surface area contributed by atoms with Gasteiger partial charge in [-0.25, -0.2) is 0 Å². The SMILES string of the molecule is C=C(C)CSC(C)CO. The molecule has 0 aromatic rings. The van der Waals surface area contributed by atoms with Gasteiger partial charge in [0.15, 0.2) is 0 Å². The minimum Gasteiger partial charge on any atom is -0.395 e. The summed E-state index contributed by atoms with van der Waals surface area (Å²) in [7, 11) is 0. The summed E-state index contributed by atoms with van der Waals surface area (Å²) >= 11 is 1.73. The lowest BCUT2D eigenvalue weighted by Crippen LogP contribution is -2.02. The largest absolute Gasteiger partial charge is 0.395 e. The highest BCUT2D eigenvalue weighted by molar-refractivity contribution is 8.00. The lowest BCUT2D eigenvalue weighted by Gasteiger charge is -2.05. The van der Waals surface area contributed by atoms with Crippen LogP contribution in [0.2, 0.25) is 0 Å². The first-order chi connectivity index (χ1) is 4.16. The molecule has 1 nitrogen and oxygen atoms in total. The normalized spacial score (nSPS) is 13.2. The maximum Gasteiger partial charge on any atom is 0.0547 e. The summed E-state index contributed by atoms with van der Waals surface area (Å²) in [5.41, 5.74) is 1.17. The third kappa shape index (κ3) is 5.93.